The molecule has 5 aromatic carbocycles. The van der Waals surface area contributed by atoms with Crippen molar-refractivity contribution >= 4 is 34.7 Å². The fourth-order valence-corrected chi connectivity index (χ4v) is 6.82. The molecule has 1 N–H and O–H groups in total. The number of amides is 2. The highest BCUT2D eigenvalue weighted by Crippen LogP contribution is 2.59. The molecule has 2 amide bonds. The molecule has 1 spiro atoms. The number of hydrogen-bond donors (Lipinski definition) is 1. The monoisotopic (exact) mass is 637 g/mol. The van der Waals surface area contributed by atoms with Gasteiger partial charge in [0, 0.05) is 35.6 Å². The average Bonchev–Trinajstić information content (AvgIpc) is 3.39. The van der Waals surface area contributed by atoms with Crippen molar-refractivity contribution in [1.29, 1.82) is 0 Å². The van der Waals surface area contributed by atoms with Crippen LogP contribution in [0.5, 0.6) is 11.5 Å². The van der Waals surface area contributed by atoms with Gasteiger partial charge in [-0.25, -0.2) is 9.59 Å². The number of aryl methyl sites for hydroxylation is 1. The van der Waals surface area contributed by atoms with Crippen LogP contribution in [0.2, 0.25) is 0 Å². The van der Waals surface area contributed by atoms with Gasteiger partial charge in [-0.3, -0.25) is 4.90 Å². The quantitative estimate of drug-likeness (QED) is 0.172. The number of esters is 1. The molecule has 1 unspecified atom stereocenters. The second-order valence-corrected chi connectivity index (χ2v) is 12.7. The average molecular weight is 638 g/mol. The number of carbonyl (C=O) groups is 2. The molecule has 2 aliphatic heterocycles. The van der Waals surface area contributed by atoms with Crippen LogP contribution in [-0.2, 0) is 10.3 Å². The van der Waals surface area contributed by atoms with E-state index in [-0.39, 0.29) is 6.03 Å². The number of para-hydroxylation sites is 2. The van der Waals surface area contributed by atoms with Crippen LogP contribution in [0.3, 0.4) is 0 Å². The second kappa shape index (κ2) is 12.6. The molecule has 1 atom stereocenters. The summed E-state index contributed by atoms with van der Waals surface area (Å²) in [7, 11) is 0. The zero-order valence-corrected chi connectivity index (χ0v) is 27.7. The number of carbonyl (C=O) groups excluding carboxylic acids is 2. The second-order valence-electron chi connectivity index (χ2n) is 12.7. The summed E-state index contributed by atoms with van der Waals surface area (Å²) < 4.78 is 13.1. The maximum absolute atomic E-state index is 14.7. The highest BCUT2D eigenvalue weighted by Gasteiger charge is 2.55. The number of nitrogens with zero attached hydrogens (tertiary/aromatic N) is 2. The Morgan fingerprint density at radius 2 is 1.52 bits per heavy atom. The predicted molar refractivity (Wildman–Crippen MR) is 191 cm³/mol. The van der Waals surface area contributed by atoms with E-state index in [4.69, 9.17) is 9.47 Å². The van der Waals surface area contributed by atoms with Crippen molar-refractivity contribution in [2.24, 2.45) is 5.92 Å². The Morgan fingerprint density at radius 1 is 0.812 bits per heavy atom. The molecule has 2 aliphatic rings. The molecule has 0 saturated carbocycles. The Labute approximate surface area is 281 Å². The molecular formula is C41H39N3O4. The van der Waals surface area contributed by atoms with Gasteiger partial charge in [0.25, 0.3) is 0 Å². The Bertz CT molecular complexity index is 2010. The molecule has 0 aliphatic carbocycles. The van der Waals surface area contributed by atoms with Crippen molar-refractivity contribution in [2.75, 3.05) is 28.2 Å². The fourth-order valence-electron chi connectivity index (χ4n) is 6.82. The first-order chi connectivity index (χ1) is 23.3. The molecule has 242 valence electrons. The highest BCUT2D eigenvalue weighted by molar-refractivity contribution is 6.09. The van der Waals surface area contributed by atoms with Gasteiger partial charge in [0.05, 0.1) is 22.5 Å². The largest absolute Gasteiger partial charge is 0.456 e. The third-order valence-electron chi connectivity index (χ3n) is 9.24. The minimum absolute atomic E-state index is 0.355. The van der Waals surface area contributed by atoms with E-state index in [2.05, 4.69) is 49.2 Å². The number of urea groups is 1. The van der Waals surface area contributed by atoms with Gasteiger partial charge in [0.15, 0.2) is 5.60 Å². The van der Waals surface area contributed by atoms with E-state index in [0.717, 1.165) is 30.8 Å². The molecule has 0 aromatic heterocycles. The Kier molecular flexibility index (Phi) is 8.13. The maximum Gasteiger partial charge on any atom is 0.340 e. The Hall–Kier alpha value is -5.56. The smallest absolute Gasteiger partial charge is 0.340 e. The van der Waals surface area contributed by atoms with Gasteiger partial charge in [0.2, 0.25) is 0 Å². The molecule has 7 rings (SSSR count). The summed E-state index contributed by atoms with van der Waals surface area (Å²) in [5.74, 6) is 1.23. The van der Waals surface area contributed by atoms with Gasteiger partial charge < -0.3 is 19.7 Å². The number of nitrogens with one attached hydrogen (secondary N) is 1. The Morgan fingerprint density at radius 3 is 2.29 bits per heavy atom. The van der Waals surface area contributed by atoms with E-state index in [9.17, 15) is 9.59 Å². The minimum atomic E-state index is -1.35. The lowest BCUT2D eigenvalue weighted by Crippen LogP contribution is -2.38. The van der Waals surface area contributed by atoms with Gasteiger partial charge in [0.1, 0.15) is 11.5 Å². The van der Waals surface area contributed by atoms with Crippen molar-refractivity contribution < 1.29 is 19.1 Å². The van der Waals surface area contributed by atoms with Crippen LogP contribution in [0.25, 0.3) is 0 Å². The number of benzene rings is 5. The van der Waals surface area contributed by atoms with E-state index < -0.39 is 11.6 Å². The van der Waals surface area contributed by atoms with Crippen LogP contribution in [-0.4, -0.2) is 25.1 Å². The van der Waals surface area contributed by atoms with Crippen LogP contribution >= 0.6 is 0 Å². The van der Waals surface area contributed by atoms with Gasteiger partial charge >= 0.3 is 12.0 Å². The van der Waals surface area contributed by atoms with E-state index in [1.807, 2.05) is 97.9 Å². The van der Waals surface area contributed by atoms with Crippen LogP contribution in [0, 0.1) is 12.8 Å². The third kappa shape index (κ3) is 5.25. The van der Waals surface area contributed by atoms with Crippen LogP contribution in [0.4, 0.5) is 27.5 Å². The topological polar surface area (TPSA) is 71.1 Å². The molecule has 2 heterocycles. The van der Waals surface area contributed by atoms with Gasteiger partial charge in [-0.15, -0.1) is 0 Å². The maximum atomic E-state index is 14.7. The molecule has 7 nitrogen and oxygen atoms in total. The lowest BCUT2D eigenvalue weighted by Gasteiger charge is -2.39. The lowest BCUT2D eigenvalue weighted by molar-refractivity contribution is 0.0226. The number of ether oxygens (including phenoxy) is 2. The minimum Gasteiger partial charge on any atom is -0.456 e. The summed E-state index contributed by atoms with van der Waals surface area (Å²) in [4.78, 5) is 32.4. The highest BCUT2D eigenvalue weighted by atomic mass is 16.6. The number of anilines is 4. The van der Waals surface area contributed by atoms with E-state index in [1.54, 1.807) is 11.0 Å². The fraction of sp³-hybridized carbons (Fsp3) is 0.220. The van der Waals surface area contributed by atoms with Crippen LogP contribution < -0.4 is 19.9 Å². The normalized spacial score (nSPS) is 15.6. The summed E-state index contributed by atoms with van der Waals surface area (Å²) in [6.07, 6.45) is 1.05. The lowest BCUT2D eigenvalue weighted by atomic mass is 9.76. The Balaban J connectivity index is 1.48. The molecule has 0 fully saturated rings. The van der Waals surface area contributed by atoms with E-state index >= 15 is 0 Å². The van der Waals surface area contributed by atoms with Gasteiger partial charge in [-0.1, -0.05) is 80.6 Å². The zero-order chi connectivity index (χ0) is 33.4. The van der Waals surface area contributed by atoms with Crippen molar-refractivity contribution in [3.8, 4) is 11.5 Å². The predicted octanol–water partition coefficient (Wildman–Crippen LogP) is 9.81. The molecular weight excluding hydrogens is 598 g/mol. The SMILES string of the molecule is CCN(CCC(C)C)c1ccc(C)c(N(C(=O)Nc2ccccc2)c2cccc3c2C2(OC(=O)c4ccccc42)c2ccccc2O3)c1. The molecule has 7 heteroatoms. The van der Waals surface area contributed by atoms with Gasteiger partial charge in [-0.05, 0) is 80.3 Å². The number of fused-ring (bicyclic) bond motifs is 6. The first-order valence-electron chi connectivity index (χ1n) is 16.6. The summed E-state index contributed by atoms with van der Waals surface area (Å²) in [5, 5.41) is 3.13. The molecule has 5 aromatic rings. The number of rotatable bonds is 8. The first-order valence-corrected chi connectivity index (χ1v) is 16.6. The van der Waals surface area contributed by atoms with Gasteiger partial charge in [-0.2, -0.15) is 0 Å². The standard InChI is InChI=1S/C41H39N3O4/c1-5-43(25-24-27(2)3)30-23-22-28(4)35(26-30)44(40(46)42-29-14-7-6-8-15-29)34-19-13-21-37-38(34)41(33-18-11-12-20-36(33)47-37)32-17-10-9-16-31(32)39(45)48-41/h6-23,26-27H,5,24-25H2,1-4H3,(H,42,46). The summed E-state index contributed by atoms with van der Waals surface area (Å²) >= 11 is 0. The zero-order valence-electron chi connectivity index (χ0n) is 27.7. The molecule has 0 saturated heterocycles. The van der Waals surface area contributed by atoms with E-state index in [1.165, 1.54) is 0 Å². The summed E-state index contributed by atoms with van der Waals surface area (Å²) in [6.45, 7) is 10.3. The van der Waals surface area contributed by atoms with Crippen LogP contribution in [0.15, 0.2) is 115 Å². The van der Waals surface area contributed by atoms with Crippen molar-refractivity contribution in [1.82, 2.24) is 0 Å². The van der Waals surface area contributed by atoms with E-state index in [0.29, 0.717) is 56.7 Å². The van der Waals surface area contributed by atoms with Crippen molar-refractivity contribution in [3.05, 3.63) is 143 Å². The third-order valence-corrected chi connectivity index (χ3v) is 9.24. The van der Waals surface area contributed by atoms with Crippen molar-refractivity contribution in [2.45, 2.75) is 39.7 Å². The summed E-state index contributed by atoms with van der Waals surface area (Å²) in [5.41, 5.74) is 4.98. The molecule has 0 bridgehead atoms. The summed E-state index contributed by atoms with van der Waals surface area (Å²) in [6, 6.07) is 36.1. The van der Waals surface area contributed by atoms with Crippen LogP contribution in [0.1, 0.15) is 59.8 Å². The number of hydrogen-bond acceptors (Lipinski definition) is 5. The first kappa shape index (κ1) is 31.1. The molecule has 0 radical (unpaired) electrons. The van der Waals surface area contributed by atoms with Crippen molar-refractivity contribution in [3.63, 3.8) is 0 Å². The molecule has 48 heavy (non-hydrogen) atoms.